The van der Waals surface area contributed by atoms with Crippen LogP contribution < -0.4 is 10.2 Å². The van der Waals surface area contributed by atoms with E-state index in [4.69, 9.17) is 9.72 Å². The van der Waals surface area contributed by atoms with Gasteiger partial charge in [0.15, 0.2) is 0 Å². The molecule has 1 aliphatic heterocycles. The molecule has 7 nitrogen and oxygen atoms in total. The SMILES string of the molecule is CCOC(=O)N1CCN(c2cc(C)nc(Nc3ccccc3CC)n2)CC1. The summed E-state index contributed by atoms with van der Waals surface area (Å²) in [5.74, 6) is 1.47. The molecule has 2 aromatic rings. The third-order valence-electron chi connectivity index (χ3n) is 4.62. The summed E-state index contributed by atoms with van der Waals surface area (Å²) in [6, 6.07) is 10.2. The van der Waals surface area contributed by atoms with Crippen molar-refractivity contribution in [2.75, 3.05) is 43.0 Å². The predicted molar refractivity (Wildman–Crippen MR) is 107 cm³/mol. The van der Waals surface area contributed by atoms with Crippen LogP contribution >= 0.6 is 0 Å². The number of anilines is 3. The van der Waals surface area contributed by atoms with E-state index < -0.39 is 0 Å². The number of hydrogen-bond acceptors (Lipinski definition) is 6. The van der Waals surface area contributed by atoms with Gasteiger partial charge in [-0.05, 0) is 31.9 Å². The second-order valence-corrected chi connectivity index (χ2v) is 6.50. The number of ether oxygens (including phenoxy) is 1. The van der Waals surface area contributed by atoms with Crippen molar-refractivity contribution < 1.29 is 9.53 Å². The number of para-hydroxylation sites is 1. The number of amides is 1. The van der Waals surface area contributed by atoms with Gasteiger partial charge in [-0.3, -0.25) is 0 Å². The van der Waals surface area contributed by atoms with Crippen molar-refractivity contribution in [2.24, 2.45) is 0 Å². The maximum atomic E-state index is 11.9. The molecule has 1 amide bonds. The molecule has 2 heterocycles. The van der Waals surface area contributed by atoms with E-state index in [-0.39, 0.29) is 6.09 Å². The Bertz CT molecular complexity index is 788. The highest BCUT2D eigenvalue weighted by Gasteiger charge is 2.23. The van der Waals surface area contributed by atoms with Gasteiger partial charge in [0.05, 0.1) is 6.61 Å². The molecule has 3 rings (SSSR count). The first kappa shape index (κ1) is 18.9. The van der Waals surface area contributed by atoms with Crippen LogP contribution in [0.5, 0.6) is 0 Å². The second-order valence-electron chi connectivity index (χ2n) is 6.50. The van der Waals surface area contributed by atoms with Crippen LogP contribution in [0.25, 0.3) is 0 Å². The molecule has 1 aromatic heterocycles. The monoisotopic (exact) mass is 369 g/mol. The fourth-order valence-corrected chi connectivity index (χ4v) is 3.17. The highest BCUT2D eigenvalue weighted by molar-refractivity contribution is 5.68. The summed E-state index contributed by atoms with van der Waals surface area (Å²) in [4.78, 5) is 25.0. The number of rotatable bonds is 5. The Morgan fingerprint density at radius 2 is 1.89 bits per heavy atom. The van der Waals surface area contributed by atoms with Gasteiger partial charge in [0.25, 0.3) is 0 Å². The Kier molecular flexibility index (Phi) is 6.11. The molecule has 0 radical (unpaired) electrons. The Labute approximate surface area is 160 Å². The van der Waals surface area contributed by atoms with E-state index in [1.165, 1.54) is 5.56 Å². The minimum atomic E-state index is -0.241. The zero-order valence-electron chi connectivity index (χ0n) is 16.2. The van der Waals surface area contributed by atoms with Crippen LogP contribution in [0.4, 0.5) is 22.2 Å². The van der Waals surface area contributed by atoms with Crippen molar-refractivity contribution in [1.82, 2.24) is 14.9 Å². The highest BCUT2D eigenvalue weighted by Crippen LogP contribution is 2.22. The van der Waals surface area contributed by atoms with Crippen molar-refractivity contribution in [1.29, 1.82) is 0 Å². The van der Waals surface area contributed by atoms with Crippen molar-refractivity contribution in [3.63, 3.8) is 0 Å². The van der Waals surface area contributed by atoms with E-state index in [1.54, 1.807) is 4.90 Å². The number of carbonyl (C=O) groups is 1. The molecule has 7 heteroatoms. The topological polar surface area (TPSA) is 70.6 Å². The van der Waals surface area contributed by atoms with Gasteiger partial charge < -0.3 is 19.9 Å². The summed E-state index contributed by atoms with van der Waals surface area (Å²) < 4.78 is 5.08. The molecule has 0 unspecified atom stereocenters. The lowest BCUT2D eigenvalue weighted by Gasteiger charge is -2.34. The zero-order valence-corrected chi connectivity index (χ0v) is 16.2. The third-order valence-corrected chi connectivity index (χ3v) is 4.62. The van der Waals surface area contributed by atoms with Gasteiger partial charge in [0.1, 0.15) is 5.82 Å². The summed E-state index contributed by atoms with van der Waals surface area (Å²) in [5, 5.41) is 3.35. The highest BCUT2D eigenvalue weighted by atomic mass is 16.6. The van der Waals surface area contributed by atoms with Gasteiger partial charge in [0.2, 0.25) is 5.95 Å². The third kappa shape index (κ3) is 4.67. The number of nitrogens with zero attached hydrogens (tertiary/aromatic N) is 4. The summed E-state index contributed by atoms with van der Waals surface area (Å²) in [5.41, 5.74) is 3.17. The van der Waals surface area contributed by atoms with E-state index in [0.717, 1.165) is 36.7 Å². The molecule has 1 fully saturated rings. The smallest absolute Gasteiger partial charge is 0.409 e. The summed E-state index contributed by atoms with van der Waals surface area (Å²) >= 11 is 0. The number of aromatic nitrogens is 2. The van der Waals surface area contributed by atoms with Gasteiger partial charge in [0, 0.05) is 43.6 Å². The van der Waals surface area contributed by atoms with Crippen LogP contribution in [-0.4, -0.2) is 53.7 Å². The number of piperazine rings is 1. The van der Waals surface area contributed by atoms with Crippen molar-refractivity contribution in [3.05, 3.63) is 41.6 Å². The molecule has 144 valence electrons. The molecule has 0 bridgehead atoms. The van der Waals surface area contributed by atoms with E-state index in [1.807, 2.05) is 38.1 Å². The summed E-state index contributed by atoms with van der Waals surface area (Å²) in [7, 11) is 0. The molecule has 1 aromatic carbocycles. The van der Waals surface area contributed by atoms with Gasteiger partial charge in [-0.1, -0.05) is 25.1 Å². The van der Waals surface area contributed by atoms with Crippen molar-refractivity contribution in [2.45, 2.75) is 27.2 Å². The average molecular weight is 369 g/mol. The minimum absolute atomic E-state index is 0.241. The van der Waals surface area contributed by atoms with Crippen LogP contribution in [0.15, 0.2) is 30.3 Å². The Morgan fingerprint density at radius 3 is 2.59 bits per heavy atom. The van der Waals surface area contributed by atoms with E-state index in [9.17, 15) is 4.79 Å². The molecule has 0 aliphatic carbocycles. The second kappa shape index (κ2) is 8.70. The molecule has 0 saturated carbocycles. The number of nitrogens with one attached hydrogen (secondary N) is 1. The van der Waals surface area contributed by atoms with Gasteiger partial charge in [-0.2, -0.15) is 4.98 Å². The number of carbonyl (C=O) groups excluding carboxylic acids is 1. The molecule has 1 saturated heterocycles. The molecule has 0 spiro atoms. The maximum Gasteiger partial charge on any atom is 0.409 e. The molecule has 1 aliphatic rings. The van der Waals surface area contributed by atoms with E-state index in [2.05, 4.69) is 28.2 Å². The lowest BCUT2D eigenvalue weighted by atomic mass is 10.1. The number of benzene rings is 1. The number of aryl methyl sites for hydroxylation is 2. The quantitative estimate of drug-likeness (QED) is 0.871. The molecule has 0 atom stereocenters. The zero-order chi connectivity index (χ0) is 19.2. The van der Waals surface area contributed by atoms with Crippen molar-refractivity contribution in [3.8, 4) is 0 Å². The first-order chi connectivity index (χ1) is 13.1. The van der Waals surface area contributed by atoms with Gasteiger partial charge >= 0.3 is 6.09 Å². The van der Waals surface area contributed by atoms with Crippen molar-refractivity contribution >= 4 is 23.5 Å². The fourth-order valence-electron chi connectivity index (χ4n) is 3.17. The summed E-state index contributed by atoms with van der Waals surface area (Å²) in [6.45, 7) is 9.03. The Balaban J connectivity index is 1.72. The lowest BCUT2D eigenvalue weighted by Crippen LogP contribution is -2.49. The maximum absolute atomic E-state index is 11.9. The van der Waals surface area contributed by atoms with Crippen LogP contribution in [-0.2, 0) is 11.2 Å². The first-order valence-electron chi connectivity index (χ1n) is 9.48. The van der Waals surface area contributed by atoms with Crippen LogP contribution in [0, 0.1) is 6.92 Å². The largest absolute Gasteiger partial charge is 0.450 e. The van der Waals surface area contributed by atoms with E-state index >= 15 is 0 Å². The molecular formula is C20H27N5O2. The lowest BCUT2D eigenvalue weighted by molar-refractivity contribution is 0.105. The molecule has 1 N–H and O–H groups in total. The minimum Gasteiger partial charge on any atom is -0.450 e. The van der Waals surface area contributed by atoms with Crippen LogP contribution in [0.1, 0.15) is 25.1 Å². The molecular weight excluding hydrogens is 342 g/mol. The van der Waals surface area contributed by atoms with Crippen LogP contribution in [0.2, 0.25) is 0 Å². The normalized spacial score (nSPS) is 14.2. The average Bonchev–Trinajstić information content (AvgIpc) is 2.68. The molecule has 27 heavy (non-hydrogen) atoms. The fraction of sp³-hybridized carbons (Fsp3) is 0.450. The van der Waals surface area contributed by atoms with E-state index in [0.29, 0.717) is 25.6 Å². The first-order valence-corrected chi connectivity index (χ1v) is 9.48. The summed E-state index contributed by atoms with van der Waals surface area (Å²) in [6.07, 6.45) is 0.701. The van der Waals surface area contributed by atoms with Gasteiger partial charge in [-0.15, -0.1) is 0 Å². The standard InChI is InChI=1S/C20H27N5O2/c1-4-16-8-6-7-9-17(16)22-19-21-15(3)14-18(23-19)24-10-12-25(13-11-24)20(26)27-5-2/h6-9,14H,4-5,10-13H2,1-3H3,(H,21,22,23). The van der Waals surface area contributed by atoms with Crippen LogP contribution in [0.3, 0.4) is 0 Å². The Hall–Kier alpha value is -2.83. The van der Waals surface area contributed by atoms with Gasteiger partial charge in [-0.25, -0.2) is 9.78 Å². The predicted octanol–water partition coefficient (Wildman–Crippen LogP) is 3.37. The Morgan fingerprint density at radius 1 is 1.15 bits per heavy atom. The number of hydrogen-bond donors (Lipinski definition) is 1.